The molecule has 8 nitrogen and oxygen atoms in total. The molecule has 2 N–H and O–H groups in total. The van der Waals surface area contributed by atoms with Crippen LogP contribution in [0, 0.1) is 6.92 Å². The number of thiophene rings is 1. The van der Waals surface area contributed by atoms with E-state index in [0.717, 1.165) is 16.1 Å². The molecule has 0 aliphatic rings. The molecule has 4 rings (SSSR count). The molecule has 130 valence electrons. The van der Waals surface area contributed by atoms with Gasteiger partial charge in [0.15, 0.2) is 0 Å². The molecule has 0 saturated carbocycles. The van der Waals surface area contributed by atoms with Gasteiger partial charge in [0.05, 0.1) is 4.88 Å². The van der Waals surface area contributed by atoms with Crippen molar-refractivity contribution in [2.24, 2.45) is 0 Å². The Morgan fingerprint density at radius 1 is 1.04 bits per heavy atom. The Hall–Kier alpha value is -3.33. The summed E-state index contributed by atoms with van der Waals surface area (Å²) in [6.07, 6.45) is 0. The average Bonchev–Trinajstić information content (AvgIpc) is 3.32. The van der Waals surface area contributed by atoms with Crippen LogP contribution in [0.5, 0.6) is 0 Å². The fraction of sp³-hybridized carbons (Fsp3) is 0.118. The molecule has 3 heterocycles. The van der Waals surface area contributed by atoms with Crippen molar-refractivity contribution in [2.75, 3.05) is 17.7 Å². The maximum atomic E-state index is 5.87. The number of aromatic nitrogens is 5. The van der Waals surface area contributed by atoms with E-state index >= 15 is 0 Å². The zero-order valence-corrected chi connectivity index (χ0v) is 14.9. The highest BCUT2D eigenvalue weighted by Gasteiger charge is 2.17. The van der Waals surface area contributed by atoms with Crippen LogP contribution in [0.1, 0.15) is 5.56 Å². The third-order valence-electron chi connectivity index (χ3n) is 3.69. The topological polar surface area (TPSA) is 107 Å². The van der Waals surface area contributed by atoms with Gasteiger partial charge in [0.25, 0.3) is 5.89 Å². The molecule has 0 fully saturated rings. The van der Waals surface area contributed by atoms with Crippen molar-refractivity contribution in [3.05, 3.63) is 47.3 Å². The number of hydrogen-bond acceptors (Lipinski definition) is 9. The lowest BCUT2D eigenvalue weighted by Crippen LogP contribution is -2.15. The van der Waals surface area contributed by atoms with Crippen LogP contribution in [0.2, 0.25) is 0 Å². The lowest BCUT2D eigenvalue weighted by Gasteiger charge is -2.17. The van der Waals surface area contributed by atoms with E-state index in [-0.39, 0.29) is 17.6 Å². The van der Waals surface area contributed by atoms with E-state index in [2.05, 4.69) is 25.1 Å². The highest BCUT2D eigenvalue weighted by atomic mass is 32.1. The first-order valence-corrected chi connectivity index (χ1v) is 8.68. The molecule has 1 aromatic carbocycles. The molecule has 0 bridgehead atoms. The van der Waals surface area contributed by atoms with Crippen molar-refractivity contribution in [1.29, 1.82) is 0 Å². The van der Waals surface area contributed by atoms with Gasteiger partial charge in [0.1, 0.15) is 0 Å². The zero-order valence-electron chi connectivity index (χ0n) is 14.1. The fourth-order valence-electron chi connectivity index (χ4n) is 2.40. The van der Waals surface area contributed by atoms with Gasteiger partial charge in [-0.1, -0.05) is 23.4 Å². The van der Waals surface area contributed by atoms with Gasteiger partial charge in [-0.05, 0) is 36.1 Å². The number of aryl methyl sites for hydroxylation is 1. The molecule has 9 heteroatoms. The van der Waals surface area contributed by atoms with Gasteiger partial charge in [-0.25, -0.2) is 0 Å². The third-order valence-corrected chi connectivity index (χ3v) is 4.55. The first kappa shape index (κ1) is 16.2. The summed E-state index contributed by atoms with van der Waals surface area (Å²) in [5.41, 5.74) is 7.94. The van der Waals surface area contributed by atoms with Crippen LogP contribution < -0.4 is 10.6 Å². The number of anilines is 3. The highest BCUT2D eigenvalue weighted by Crippen LogP contribution is 2.26. The van der Waals surface area contributed by atoms with E-state index in [0.29, 0.717) is 11.8 Å². The van der Waals surface area contributed by atoms with E-state index in [1.165, 1.54) is 11.3 Å². The molecule has 3 aromatic heterocycles. The van der Waals surface area contributed by atoms with Gasteiger partial charge in [-0.15, -0.1) is 11.3 Å². The van der Waals surface area contributed by atoms with E-state index in [4.69, 9.17) is 10.3 Å². The maximum absolute atomic E-state index is 5.87. The first-order valence-electron chi connectivity index (χ1n) is 7.80. The summed E-state index contributed by atoms with van der Waals surface area (Å²) in [6, 6.07) is 11.8. The predicted molar refractivity (Wildman–Crippen MR) is 100 cm³/mol. The Morgan fingerprint density at radius 3 is 2.69 bits per heavy atom. The molecule has 0 aliphatic carbocycles. The molecule has 0 amide bonds. The van der Waals surface area contributed by atoms with E-state index in [1.54, 1.807) is 0 Å². The Kier molecular flexibility index (Phi) is 4.05. The van der Waals surface area contributed by atoms with Crippen LogP contribution in [-0.4, -0.2) is 32.1 Å². The van der Waals surface area contributed by atoms with Crippen molar-refractivity contribution in [2.45, 2.75) is 6.92 Å². The lowest BCUT2D eigenvalue weighted by molar-refractivity contribution is 0.433. The molecule has 0 unspecified atom stereocenters. The van der Waals surface area contributed by atoms with Crippen molar-refractivity contribution >= 4 is 28.9 Å². The van der Waals surface area contributed by atoms with E-state index in [1.807, 2.05) is 60.6 Å². The van der Waals surface area contributed by atoms with Gasteiger partial charge in [-0.2, -0.15) is 19.9 Å². The summed E-state index contributed by atoms with van der Waals surface area (Å²) in [4.78, 5) is 19.9. The van der Waals surface area contributed by atoms with Gasteiger partial charge in [-0.3, -0.25) is 0 Å². The Bertz CT molecular complexity index is 1040. The second-order valence-corrected chi connectivity index (χ2v) is 6.56. The number of nitrogens with two attached hydrogens (primary N) is 1. The van der Waals surface area contributed by atoms with Gasteiger partial charge < -0.3 is 15.2 Å². The van der Waals surface area contributed by atoms with E-state index < -0.39 is 0 Å². The van der Waals surface area contributed by atoms with E-state index in [9.17, 15) is 0 Å². The summed E-state index contributed by atoms with van der Waals surface area (Å²) in [5, 5.41) is 5.90. The zero-order chi connectivity index (χ0) is 18.1. The standard InChI is InChI=1S/C17H15N7OS/c1-10-5-3-6-11(9-10)24(2)17-21-13(20-16(18)22-17)14-19-15(25-23-14)12-7-4-8-26-12/h3-9H,1-2H3,(H2,18,20,21,22). The SMILES string of the molecule is Cc1cccc(N(C)c2nc(N)nc(-c3noc(-c4cccs4)n3)n2)c1. The highest BCUT2D eigenvalue weighted by molar-refractivity contribution is 7.13. The largest absolute Gasteiger partial charge is 0.368 e. The molecule has 0 atom stereocenters. The van der Waals surface area contributed by atoms with Crippen LogP contribution in [-0.2, 0) is 0 Å². The van der Waals surface area contributed by atoms with Gasteiger partial charge in [0.2, 0.25) is 23.5 Å². The Morgan fingerprint density at radius 2 is 1.92 bits per heavy atom. The molecule has 0 aliphatic heterocycles. The minimum atomic E-state index is 0.0898. The molecule has 26 heavy (non-hydrogen) atoms. The minimum absolute atomic E-state index is 0.0898. The van der Waals surface area contributed by atoms with Crippen molar-refractivity contribution in [3.8, 4) is 22.4 Å². The summed E-state index contributed by atoms with van der Waals surface area (Å²) in [7, 11) is 1.86. The molecule has 4 aromatic rings. The lowest BCUT2D eigenvalue weighted by atomic mass is 10.2. The summed E-state index contributed by atoms with van der Waals surface area (Å²) in [6.45, 7) is 2.02. The molecule has 0 radical (unpaired) electrons. The number of rotatable bonds is 4. The molecule has 0 spiro atoms. The summed E-state index contributed by atoms with van der Waals surface area (Å²) < 4.78 is 5.30. The Labute approximate surface area is 153 Å². The Balaban J connectivity index is 1.70. The van der Waals surface area contributed by atoms with Crippen molar-refractivity contribution < 1.29 is 4.52 Å². The minimum Gasteiger partial charge on any atom is -0.368 e. The molecular formula is C17H15N7OS. The van der Waals surface area contributed by atoms with Crippen molar-refractivity contribution in [3.63, 3.8) is 0 Å². The second kappa shape index (κ2) is 6.52. The number of nitrogen functional groups attached to an aromatic ring is 1. The predicted octanol–water partition coefficient (Wildman–Crippen LogP) is 3.31. The number of nitrogens with zero attached hydrogens (tertiary/aromatic N) is 6. The molecule has 0 saturated heterocycles. The summed E-state index contributed by atoms with van der Waals surface area (Å²) >= 11 is 1.51. The molecular weight excluding hydrogens is 350 g/mol. The normalized spacial score (nSPS) is 10.8. The fourth-order valence-corrected chi connectivity index (χ4v) is 3.04. The second-order valence-electron chi connectivity index (χ2n) is 5.62. The average molecular weight is 365 g/mol. The monoisotopic (exact) mass is 365 g/mol. The van der Waals surface area contributed by atoms with Gasteiger partial charge in [0, 0.05) is 12.7 Å². The van der Waals surface area contributed by atoms with Crippen molar-refractivity contribution in [1.82, 2.24) is 25.1 Å². The van der Waals surface area contributed by atoms with Crippen LogP contribution in [0.3, 0.4) is 0 Å². The van der Waals surface area contributed by atoms with Crippen LogP contribution in [0.4, 0.5) is 17.6 Å². The van der Waals surface area contributed by atoms with Crippen LogP contribution >= 0.6 is 11.3 Å². The summed E-state index contributed by atoms with van der Waals surface area (Å²) in [5.74, 6) is 1.44. The smallest absolute Gasteiger partial charge is 0.268 e. The van der Waals surface area contributed by atoms with Crippen LogP contribution in [0.25, 0.3) is 22.4 Å². The van der Waals surface area contributed by atoms with Gasteiger partial charge >= 0.3 is 0 Å². The number of benzene rings is 1. The maximum Gasteiger partial charge on any atom is 0.268 e. The number of hydrogen-bond donors (Lipinski definition) is 1. The van der Waals surface area contributed by atoms with Crippen LogP contribution in [0.15, 0.2) is 46.3 Å². The third kappa shape index (κ3) is 3.11. The quantitative estimate of drug-likeness (QED) is 0.587. The first-order chi connectivity index (χ1) is 12.6.